The van der Waals surface area contributed by atoms with Gasteiger partial charge in [-0.2, -0.15) is 18.2 Å². The van der Waals surface area contributed by atoms with E-state index in [9.17, 15) is 18.3 Å². The summed E-state index contributed by atoms with van der Waals surface area (Å²) in [5.74, 6) is 0.315. The maximum absolute atomic E-state index is 13.0. The van der Waals surface area contributed by atoms with E-state index in [-0.39, 0.29) is 17.7 Å². The lowest BCUT2D eigenvalue weighted by Gasteiger charge is -2.34. The van der Waals surface area contributed by atoms with Crippen LogP contribution >= 0.6 is 0 Å². The zero-order valence-corrected chi connectivity index (χ0v) is 12.9. The van der Waals surface area contributed by atoms with Crippen LogP contribution in [-0.4, -0.2) is 48.4 Å². The Morgan fingerprint density at radius 2 is 2.05 bits per heavy atom. The third kappa shape index (κ3) is 3.79. The number of nitrogens with zero attached hydrogens (tertiary/aromatic N) is 4. The quantitative estimate of drug-likeness (QED) is 0.925. The van der Waals surface area contributed by atoms with Crippen LogP contribution in [0.3, 0.4) is 0 Å². The Kier molecular flexibility index (Phi) is 4.79. The van der Waals surface area contributed by atoms with Gasteiger partial charge in [-0.25, -0.2) is 4.98 Å². The van der Waals surface area contributed by atoms with E-state index in [2.05, 4.69) is 9.97 Å². The van der Waals surface area contributed by atoms with Crippen molar-refractivity contribution >= 4 is 11.8 Å². The Labute approximate surface area is 127 Å². The van der Waals surface area contributed by atoms with Gasteiger partial charge in [0.05, 0.1) is 6.10 Å². The molecule has 1 fully saturated rings. The van der Waals surface area contributed by atoms with Crippen molar-refractivity contribution in [3.63, 3.8) is 0 Å². The lowest BCUT2D eigenvalue weighted by Crippen LogP contribution is -2.40. The van der Waals surface area contributed by atoms with E-state index in [1.807, 2.05) is 0 Å². The fourth-order valence-corrected chi connectivity index (χ4v) is 2.52. The summed E-state index contributed by atoms with van der Waals surface area (Å²) in [6.45, 7) is 2.76. The Balaban J connectivity index is 2.35. The Morgan fingerprint density at radius 1 is 1.36 bits per heavy atom. The number of alkyl halides is 3. The first-order valence-corrected chi connectivity index (χ1v) is 7.25. The van der Waals surface area contributed by atoms with Crippen LogP contribution in [0.1, 0.15) is 25.5 Å². The Bertz CT molecular complexity index is 519. The number of halogens is 3. The zero-order valence-electron chi connectivity index (χ0n) is 12.9. The lowest BCUT2D eigenvalue weighted by molar-refractivity contribution is -0.141. The molecule has 0 bridgehead atoms. The van der Waals surface area contributed by atoms with E-state index in [0.29, 0.717) is 13.1 Å². The first kappa shape index (κ1) is 16.8. The molecule has 1 saturated heterocycles. The first-order chi connectivity index (χ1) is 10.2. The van der Waals surface area contributed by atoms with Crippen molar-refractivity contribution in [1.82, 2.24) is 9.97 Å². The summed E-state index contributed by atoms with van der Waals surface area (Å²) in [5, 5.41) is 9.71. The summed E-state index contributed by atoms with van der Waals surface area (Å²) in [4.78, 5) is 11.2. The van der Waals surface area contributed by atoms with Gasteiger partial charge in [-0.3, -0.25) is 0 Å². The second-order valence-electron chi connectivity index (χ2n) is 5.89. The van der Waals surface area contributed by atoms with Crippen molar-refractivity contribution in [3.8, 4) is 0 Å². The molecule has 8 heteroatoms. The zero-order chi connectivity index (χ0) is 16.5. The number of aromatic nitrogens is 2. The molecule has 0 saturated carbocycles. The average Bonchev–Trinajstić information content (AvgIpc) is 2.46. The maximum Gasteiger partial charge on any atom is 0.433 e. The predicted molar refractivity (Wildman–Crippen MR) is 78.0 cm³/mol. The molecule has 1 aromatic rings. The third-order valence-corrected chi connectivity index (χ3v) is 3.87. The van der Waals surface area contributed by atoms with Gasteiger partial charge in [0.15, 0.2) is 5.69 Å². The number of piperidine rings is 1. The summed E-state index contributed by atoms with van der Waals surface area (Å²) < 4.78 is 39.0. The molecule has 2 rings (SSSR count). The minimum absolute atomic E-state index is 0.0229. The molecule has 0 spiro atoms. The molecular formula is C14H21F3N4O. The molecule has 0 aromatic carbocycles. The normalized spacial score (nSPS) is 20.9. The van der Waals surface area contributed by atoms with Gasteiger partial charge in [0.1, 0.15) is 5.82 Å². The van der Waals surface area contributed by atoms with E-state index >= 15 is 0 Å². The van der Waals surface area contributed by atoms with Crippen LogP contribution in [-0.2, 0) is 6.18 Å². The summed E-state index contributed by atoms with van der Waals surface area (Å²) in [5.41, 5.74) is -0.944. The highest BCUT2D eigenvalue weighted by atomic mass is 19.4. The molecule has 0 radical (unpaired) electrons. The van der Waals surface area contributed by atoms with Gasteiger partial charge in [-0.1, -0.05) is 0 Å². The van der Waals surface area contributed by atoms with Crippen molar-refractivity contribution in [2.24, 2.45) is 5.92 Å². The van der Waals surface area contributed by atoms with Gasteiger partial charge in [0.25, 0.3) is 0 Å². The molecule has 2 heterocycles. The summed E-state index contributed by atoms with van der Waals surface area (Å²) in [6, 6.07) is 0.944. The van der Waals surface area contributed by atoms with Crippen molar-refractivity contribution in [1.29, 1.82) is 0 Å². The fraction of sp³-hybridized carbons (Fsp3) is 0.714. The Morgan fingerprint density at radius 3 is 2.59 bits per heavy atom. The van der Waals surface area contributed by atoms with Gasteiger partial charge < -0.3 is 14.9 Å². The van der Waals surface area contributed by atoms with Gasteiger partial charge >= 0.3 is 6.18 Å². The van der Waals surface area contributed by atoms with Gasteiger partial charge in [0, 0.05) is 39.2 Å². The highest BCUT2D eigenvalue weighted by molar-refractivity contribution is 5.45. The second kappa shape index (κ2) is 6.28. The third-order valence-electron chi connectivity index (χ3n) is 3.87. The molecule has 1 aliphatic heterocycles. The van der Waals surface area contributed by atoms with Gasteiger partial charge in [-0.15, -0.1) is 0 Å². The molecule has 2 atom stereocenters. The van der Waals surface area contributed by atoms with Crippen molar-refractivity contribution in [3.05, 3.63) is 11.8 Å². The van der Waals surface area contributed by atoms with Crippen molar-refractivity contribution in [2.75, 3.05) is 37.0 Å². The average molecular weight is 318 g/mol. The van der Waals surface area contributed by atoms with E-state index in [0.717, 1.165) is 18.9 Å². The number of aliphatic hydroxyl groups is 1. The van der Waals surface area contributed by atoms with E-state index < -0.39 is 18.0 Å². The number of hydrogen-bond donors (Lipinski definition) is 1. The van der Waals surface area contributed by atoms with Crippen LogP contribution < -0.4 is 9.80 Å². The van der Waals surface area contributed by atoms with Crippen LogP contribution in [0.25, 0.3) is 0 Å². The number of hydrogen-bond acceptors (Lipinski definition) is 5. The van der Waals surface area contributed by atoms with E-state index in [1.165, 1.54) is 4.90 Å². The molecule has 0 aliphatic carbocycles. The smallest absolute Gasteiger partial charge is 0.393 e. The number of rotatable bonds is 3. The molecular weight excluding hydrogens is 297 g/mol. The molecule has 1 N–H and O–H groups in total. The van der Waals surface area contributed by atoms with Crippen molar-refractivity contribution in [2.45, 2.75) is 32.0 Å². The summed E-state index contributed by atoms with van der Waals surface area (Å²) >= 11 is 0. The summed E-state index contributed by atoms with van der Waals surface area (Å²) in [6.07, 6.45) is -3.36. The lowest BCUT2D eigenvalue weighted by atomic mass is 9.94. The topological polar surface area (TPSA) is 52.5 Å². The molecule has 1 aliphatic rings. The first-order valence-electron chi connectivity index (χ1n) is 7.25. The molecule has 1 aromatic heterocycles. The SMILES string of the molecule is CC(O)C1CCCN(c2nc(N(C)C)cc(C(F)(F)F)n2)C1. The standard InChI is InChI=1S/C14H21F3N4O/c1-9(22)10-5-4-6-21(8-10)13-18-11(14(15,16)17)7-12(19-13)20(2)3/h7,9-10,22H,4-6,8H2,1-3H3. The number of aliphatic hydroxyl groups excluding tert-OH is 1. The van der Waals surface area contributed by atoms with Crippen LogP contribution in [0.5, 0.6) is 0 Å². The van der Waals surface area contributed by atoms with Crippen LogP contribution in [0.4, 0.5) is 24.9 Å². The minimum atomic E-state index is -4.51. The molecule has 0 amide bonds. The van der Waals surface area contributed by atoms with Crippen LogP contribution in [0, 0.1) is 5.92 Å². The molecule has 5 nitrogen and oxygen atoms in total. The largest absolute Gasteiger partial charge is 0.433 e. The fourth-order valence-electron chi connectivity index (χ4n) is 2.52. The predicted octanol–water partition coefficient (Wildman–Crippen LogP) is 2.16. The van der Waals surface area contributed by atoms with E-state index in [1.54, 1.807) is 25.9 Å². The second-order valence-corrected chi connectivity index (χ2v) is 5.89. The van der Waals surface area contributed by atoms with Gasteiger partial charge in [-0.05, 0) is 19.8 Å². The minimum Gasteiger partial charge on any atom is -0.393 e. The van der Waals surface area contributed by atoms with Gasteiger partial charge in [0.2, 0.25) is 5.95 Å². The highest BCUT2D eigenvalue weighted by Crippen LogP contribution is 2.32. The monoisotopic (exact) mass is 318 g/mol. The van der Waals surface area contributed by atoms with Crippen LogP contribution in [0.15, 0.2) is 6.07 Å². The highest BCUT2D eigenvalue weighted by Gasteiger charge is 2.35. The maximum atomic E-state index is 13.0. The van der Waals surface area contributed by atoms with E-state index in [4.69, 9.17) is 0 Å². The molecule has 22 heavy (non-hydrogen) atoms. The summed E-state index contributed by atoms with van der Waals surface area (Å²) in [7, 11) is 3.28. The van der Waals surface area contributed by atoms with Crippen LogP contribution in [0.2, 0.25) is 0 Å². The molecule has 124 valence electrons. The molecule has 2 unspecified atom stereocenters. The Hall–Kier alpha value is -1.57. The van der Waals surface area contributed by atoms with Crippen molar-refractivity contribution < 1.29 is 18.3 Å². The number of anilines is 2.